The van der Waals surface area contributed by atoms with E-state index in [4.69, 9.17) is 4.74 Å². The van der Waals surface area contributed by atoms with E-state index in [0.29, 0.717) is 23.6 Å². The van der Waals surface area contributed by atoms with Crippen molar-refractivity contribution < 1.29 is 13.2 Å². The van der Waals surface area contributed by atoms with Crippen molar-refractivity contribution in [2.24, 2.45) is 5.92 Å². The second-order valence-electron chi connectivity index (χ2n) is 10.2. The Morgan fingerprint density at radius 3 is 2.52 bits per heavy atom. The molecule has 0 unspecified atom stereocenters. The molecule has 0 radical (unpaired) electrons. The van der Waals surface area contributed by atoms with Gasteiger partial charge in [0.25, 0.3) is 0 Å². The Bertz CT molecular complexity index is 1090. The number of ether oxygens (including phenoxy) is 1. The highest BCUT2D eigenvalue weighted by Crippen LogP contribution is 2.41. The van der Waals surface area contributed by atoms with Crippen molar-refractivity contribution in [2.45, 2.75) is 43.7 Å². The number of sulfonamides is 1. The van der Waals surface area contributed by atoms with Crippen LogP contribution in [0, 0.1) is 5.92 Å². The van der Waals surface area contributed by atoms with Crippen LogP contribution in [0.1, 0.15) is 36.3 Å². The maximum absolute atomic E-state index is 12.3. The van der Waals surface area contributed by atoms with Crippen LogP contribution in [-0.2, 0) is 16.4 Å². The van der Waals surface area contributed by atoms with Gasteiger partial charge in [-0.2, -0.15) is 0 Å². The lowest BCUT2D eigenvalue weighted by Gasteiger charge is -2.46. The van der Waals surface area contributed by atoms with E-state index in [0.717, 1.165) is 63.5 Å². The second-order valence-corrected chi connectivity index (χ2v) is 12.0. The molecule has 2 aromatic carbocycles. The van der Waals surface area contributed by atoms with Gasteiger partial charge in [0.1, 0.15) is 12.4 Å². The molecule has 1 saturated carbocycles. The van der Waals surface area contributed by atoms with Gasteiger partial charge in [-0.3, -0.25) is 4.90 Å². The van der Waals surface area contributed by atoms with Crippen molar-refractivity contribution in [3.05, 3.63) is 59.7 Å². The molecule has 0 spiro atoms. The van der Waals surface area contributed by atoms with Gasteiger partial charge in [-0.05, 0) is 68.5 Å². The largest absolute Gasteiger partial charge is 0.492 e. The molecular weight excluding hydrogens is 434 g/mol. The predicted molar refractivity (Wildman–Crippen MR) is 130 cm³/mol. The number of nitrogens with one attached hydrogen (secondary N) is 1. The third kappa shape index (κ3) is 4.63. The van der Waals surface area contributed by atoms with Crippen LogP contribution in [0.3, 0.4) is 0 Å². The molecule has 0 bridgehead atoms. The molecule has 33 heavy (non-hydrogen) atoms. The zero-order valence-electron chi connectivity index (χ0n) is 19.0. The molecule has 0 aromatic heterocycles. The van der Waals surface area contributed by atoms with Gasteiger partial charge in [0.2, 0.25) is 10.0 Å². The van der Waals surface area contributed by atoms with Crippen LogP contribution in [0.15, 0.2) is 48.5 Å². The Hall–Kier alpha value is -2.09. The molecule has 1 aliphatic carbocycles. The predicted octanol–water partition coefficient (Wildman–Crippen LogP) is 3.00. The summed E-state index contributed by atoms with van der Waals surface area (Å²) in [5.74, 6) is 2.06. The van der Waals surface area contributed by atoms with Crippen LogP contribution >= 0.6 is 0 Å². The average molecular weight is 468 g/mol. The van der Waals surface area contributed by atoms with Crippen LogP contribution < -0.4 is 14.4 Å². The number of rotatable bonds is 8. The summed E-state index contributed by atoms with van der Waals surface area (Å²) in [6.07, 6.45) is 4.38. The minimum atomic E-state index is -3.16. The number of hydrogen-bond acceptors (Lipinski definition) is 5. The van der Waals surface area contributed by atoms with E-state index in [1.54, 1.807) is 0 Å². The minimum Gasteiger partial charge on any atom is -0.492 e. The van der Waals surface area contributed by atoms with Crippen molar-refractivity contribution >= 4 is 15.7 Å². The fourth-order valence-corrected chi connectivity index (χ4v) is 7.17. The number of anilines is 1. The first kappa shape index (κ1) is 21.4. The fourth-order valence-electron chi connectivity index (χ4n) is 5.46. The molecule has 3 aliphatic heterocycles. The summed E-state index contributed by atoms with van der Waals surface area (Å²) in [6, 6.07) is 17.7. The van der Waals surface area contributed by atoms with Crippen molar-refractivity contribution in [3.63, 3.8) is 0 Å². The molecule has 3 fully saturated rings. The fraction of sp³-hybridized carbons (Fsp3) is 0.538. The van der Waals surface area contributed by atoms with E-state index in [1.807, 2.05) is 0 Å². The highest BCUT2D eigenvalue weighted by atomic mass is 32.2. The van der Waals surface area contributed by atoms with Crippen molar-refractivity contribution in [1.82, 2.24) is 9.62 Å². The maximum Gasteiger partial charge on any atom is 0.212 e. The molecule has 2 atom stereocenters. The molecule has 0 amide bonds. The van der Waals surface area contributed by atoms with Gasteiger partial charge in [-0.15, -0.1) is 0 Å². The van der Waals surface area contributed by atoms with E-state index in [9.17, 15) is 8.42 Å². The number of fused-ring (bicyclic) bond motifs is 1. The van der Waals surface area contributed by atoms with Crippen molar-refractivity contribution in [3.8, 4) is 5.75 Å². The van der Waals surface area contributed by atoms with Gasteiger partial charge < -0.3 is 9.64 Å². The summed E-state index contributed by atoms with van der Waals surface area (Å²) >= 11 is 0. The highest BCUT2D eigenvalue weighted by Gasteiger charge is 2.38. The first-order valence-corrected chi connectivity index (χ1v) is 14.0. The monoisotopic (exact) mass is 467 g/mol. The van der Waals surface area contributed by atoms with E-state index in [1.165, 1.54) is 17.5 Å². The third-order valence-corrected chi connectivity index (χ3v) is 9.27. The smallest absolute Gasteiger partial charge is 0.212 e. The Kier molecular flexibility index (Phi) is 5.59. The quantitative estimate of drug-likeness (QED) is 0.647. The van der Waals surface area contributed by atoms with E-state index < -0.39 is 10.0 Å². The lowest BCUT2D eigenvalue weighted by Crippen LogP contribution is -2.59. The first-order valence-electron chi connectivity index (χ1n) is 12.3. The summed E-state index contributed by atoms with van der Waals surface area (Å²) in [4.78, 5) is 4.84. The Morgan fingerprint density at radius 1 is 1.03 bits per heavy atom. The minimum absolute atomic E-state index is 0.00924. The van der Waals surface area contributed by atoms with Gasteiger partial charge in [0.05, 0.1) is 17.8 Å². The Morgan fingerprint density at radius 2 is 1.82 bits per heavy atom. The molecule has 7 heteroatoms. The van der Waals surface area contributed by atoms with Crippen molar-refractivity contribution in [2.75, 3.05) is 43.4 Å². The van der Waals surface area contributed by atoms with Crippen LogP contribution in [0.5, 0.6) is 5.75 Å². The second kappa shape index (κ2) is 8.60. The van der Waals surface area contributed by atoms with Crippen molar-refractivity contribution in [1.29, 1.82) is 0 Å². The van der Waals surface area contributed by atoms with Crippen LogP contribution in [0.4, 0.5) is 5.69 Å². The number of hydrogen-bond donors (Lipinski definition) is 1. The zero-order valence-corrected chi connectivity index (χ0v) is 19.8. The number of likely N-dealkylation sites (tertiary alicyclic amines) is 1. The number of nitrogens with zero attached hydrogens (tertiary/aromatic N) is 2. The highest BCUT2D eigenvalue weighted by molar-refractivity contribution is 7.89. The molecule has 2 saturated heterocycles. The van der Waals surface area contributed by atoms with Gasteiger partial charge >= 0.3 is 0 Å². The van der Waals surface area contributed by atoms with Gasteiger partial charge in [0, 0.05) is 30.3 Å². The topological polar surface area (TPSA) is 61.9 Å². The molecule has 176 valence electrons. The Balaban J connectivity index is 1.19. The van der Waals surface area contributed by atoms with Crippen LogP contribution in [0.25, 0.3) is 0 Å². The molecule has 6 nitrogen and oxygen atoms in total. The standard InChI is InChI=1S/C26H33N3O3S/c30-33(31,18-20-7-8-20)27-21-15-29(16-21)22-9-10-26-24(14-22)23(13-19-5-2-1-3-6-19)25(17-32-26)28-11-4-12-28/h1-3,5-6,9-10,14,20-21,23,25,27H,4,7-8,11-13,15-18H2/t23-,25+/m1/s1. The molecule has 6 rings (SSSR count). The third-order valence-electron chi connectivity index (χ3n) is 7.67. The van der Waals surface area contributed by atoms with Gasteiger partial charge in [-0.1, -0.05) is 30.3 Å². The van der Waals surface area contributed by atoms with Gasteiger partial charge in [-0.25, -0.2) is 13.1 Å². The summed E-state index contributed by atoms with van der Waals surface area (Å²) in [5, 5.41) is 0. The molecule has 1 N–H and O–H groups in total. The van der Waals surface area contributed by atoms with E-state index in [-0.39, 0.29) is 6.04 Å². The maximum atomic E-state index is 12.3. The zero-order chi connectivity index (χ0) is 22.4. The van der Waals surface area contributed by atoms with E-state index in [2.05, 4.69) is 63.1 Å². The molecule has 4 aliphatic rings. The van der Waals surface area contributed by atoms with E-state index >= 15 is 0 Å². The Labute approximate surface area is 197 Å². The summed E-state index contributed by atoms with van der Waals surface area (Å²) in [5.41, 5.74) is 3.81. The molecule has 2 aromatic rings. The summed E-state index contributed by atoms with van der Waals surface area (Å²) < 4.78 is 33.8. The lowest BCUT2D eigenvalue weighted by atomic mass is 9.82. The normalized spacial score (nSPS) is 25.6. The van der Waals surface area contributed by atoms with Gasteiger partial charge in [0.15, 0.2) is 0 Å². The first-order chi connectivity index (χ1) is 16.0. The lowest BCUT2D eigenvalue weighted by molar-refractivity contribution is 0.0502. The summed E-state index contributed by atoms with van der Waals surface area (Å²) in [7, 11) is -3.16. The number of benzene rings is 2. The molecule has 3 heterocycles. The SMILES string of the molecule is O=S(=O)(CC1CC1)NC1CN(c2ccc3c(c2)[C@@H](Cc2ccccc2)[C@@H](N2CCC2)CO3)C1. The molecular formula is C26H33N3O3S. The summed E-state index contributed by atoms with van der Waals surface area (Å²) in [6.45, 7) is 4.51. The van der Waals surface area contributed by atoms with Crippen LogP contribution in [-0.4, -0.2) is 63.9 Å². The average Bonchev–Trinajstić information content (AvgIpc) is 3.54. The van der Waals surface area contributed by atoms with Crippen LogP contribution in [0.2, 0.25) is 0 Å².